The van der Waals surface area contributed by atoms with Gasteiger partial charge >= 0.3 is 5.97 Å². The zero-order chi connectivity index (χ0) is 22.5. The molecular weight excluding hydrogens is 461 g/mol. The van der Waals surface area contributed by atoms with Crippen molar-refractivity contribution in [1.82, 2.24) is 4.90 Å². The van der Waals surface area contributed by atoms with Gasteiger partial charge in [0, 0.05) is 15.6 Å². The van der Waals surface area contributed by atoms with E-state index in [-0.39, 0.29) is 17.6 Å². The van der Waals surface area contributed by atoms with Gasteiger partial charge in [-0.2, -0.15) is 0 Å². The summed E-state index contributed by atoms with van der Waals surface area (Å²) in [5.41, 5.74) is 1.52. The van der Waals surface area contributed by atoms with Gasteiger partial charge in [-0.3, -0.25) is 19.3 Å². The third-order valence-electron chi connectivity index (χ3n) is 4.12. The molecule has 0 aromatic heterocycles. The number of carbonyl (C=O) groups is 3. The van der Waals surface area contributed by atoms with Gasteiger partial charge in [0.25, 0.3) is 11.1 Å². The smallest absolute Gasteiger partial charge is 0.326 e. The van der Waals surface area contributed by atoms with E-state index in [4.69, 9.17) is 32.7 Å². The average molecular weight is 480 g/mol. The molecule has 1 aliphatic rings. The minimum atomic E-state index is -0.624. The predicted molar refractivity (Wildman–Crippen MR) is 121 cm³/mol. The quantitative estimate of drug-likeness (QED) is 0.382. The van der Waals surface area contributed by atoms with Crippen molar-refractivity contribution in [3.63, 3.8) is 0 Å². The number of esters is 1. The summed E-state index contributed by atoms with van der Waals surface area (Å²) in [5, 5.41) is 0.577. The molecule has 1 saturated heterocycles. The maximum absolute atomic E-state index is 12.5. The van der Waals surface area contributed by atoms with Crippen LogP contribution < -0.4 is 4.74 Å². The molecular formula is C22H19Cl2NO5S. The first-order chi connectivity index (χ1) is 14.7. The third-order valence-corrected chi connectivity index (χ3v) is 5.61. The first-order valence-electron chi connectivity index (χ1n) is 9.34. The molecule has 3 rings (SSSR count). The molecule has 0 spiro atoms. The summed E-state index contributed by atoms with van der Waals surface area (Å²) in [6, 6.07) is 12.2. The van der Waals surface area contributed by atoms with Crippen molar-refractivity contribution < 1.29 is 23.9 Å². The molecule has 6 nitrogen and oxygen atoms in total. The largest absolute Gasteiger partial charge is 0.489 e. The van der Waals surface area contributed by atoms with E-state index < -0.39 is 23.7 Å². The van der Waals surface area contributed by atoms with Gasteiger partial charge < -0.3 is 9.47 Å². The highest BCUT2D eigenvalue weighted by Crippen LogP contribution is 2.32. The van der Waals surface area contributed by atoms with Crippen LogP contribution in [0.1, 0.15) is 25.0 Å². The predicted octanol–water partition coefficient (Wildman–Crippen LogP) is 5.56. The van der Waals surface area contributed by atoms with E-state index in [2.05, 4.69) is 0 Å². The van der Waals surface area contributed by atoms with E-state index >= 15 is 0 Å². The molecule has 1 aliphatic heterocycles. The highest BCUT2D eigenvalue weighted by atomic mass is 35.5. The molecule has 0 atom stereocenters. The van der Waals surface area contributed by atoms with E-state index in [1.165, 1.54) is 0 Å². The lowest BCUT2D eigenvalue weighted by Crippen LogP contribution is -2.35. The van der Waals surface area contributed by atoms with Crippen LogP contribution in [-0.4, -0.2) is 34.7 Å². The number of halogens is 2. The van der Waals surface area contributed by atoms with Gasteiger partial charge in [-0.15, -0.1) is 0 Å². The number of benzene rings is 2. The summed E-state index contributed by atoms with van der Waals surface area (Å²) < 4.78 is 10.7. The monoisotopic (exact) mass is 479 g/mol. The van der Waals surface area contributed by atoms with Gasteiger partial charge in [0.05, 0.1) is 11.0 Å². The van der Waals surface area contributed by atoms with Crippen LogP contribution in [0.3, 0.4) is 0 Å². The molecule has 2 amide bonds. The topological polar surface area (TPSA) is 72.9 Å². The summed E-state index contributed by atoms with van der Waals surface area (Å²) in [5.74, 6) is -0.526. The Morgan fingerprint density at radius 2 is 1.84 bits per heavy atom. The highest BCUT2D eigenvalue weighted by Gasteiger charge is 2.36. The Bertz CT molecular complexity index is 1040. The zero-order valence-corrected chi connectivity index (χ0v) is 19.1. The fraction of sp³-hybridized carbons (Fsp3) is 0.227. The summed E-state index contributed by atoms with van der Waals surface area (Å²) in [7, 11) is 0. The molecule has 0 bridgehead atoms. The second kappa shape index (κ2) is 10.2. The van der Waals surface area contributed by atoms with Gasteiger partial charge in [-0.05, 0) is 61.5 Å². The lowest BCUT2D eigenvalue weighted by molar-refractivity contribution is -0.149. The second-order valence-electron chi connectivity index (χ2n) is 6.90. The molecule has 0 aliphatic carbocycles. The summed E-state index contributed by atoms with van der Waals surface area (Å²) in [4.78, 5) is 37.5. The fourth-order valence-corrected chi connectivity index (χ4v) is 3.98. The molecule has 1 fully saturated rings. The Morgan fingerprint density at radius 1 is 1.13 bits per heavy atom. The van der Waals surface area contributed by atoms with E-state index in [1.807, 2.05) is 0 Å². The maximum atomic E-state index is 12.5. The number of imide groups is 1. The van der Waals surface area contributed by atoms with Gasteiger partial charge in [-0.1, -0.05) is 41.4 Å². The lowest BCUT2D eigenvalue weighted by atomic mass is 10.2. The van der Waals surface area contributed by atoms with E-state index in [1.54, 1.807) is 62.4 Å². The Hall–Kier alpha value is -2.48. The molecule has 31 heavy (non-hydrogen) atoms. The summed E-state index contributed by atoms with van der Waals surface area (Å²) in [6.07, 6.45) is 1.28. The number of ether oxygens (including phenoxy) is 2. The number of thioether (sulfide) groups is 1. The van der Waals surface area contributed by atoms with Crippen LogP contribution in [0.2, 0.25) is 10.0 Å². The molecule has 2 aromatic carbocycles. The average Bonchev–Trinajstić information content (AvgIpc) is 2.95. The van der Waals surface area contributed by atoms with Gasteiger partial charge in [0.1, 0.15) is 18.9 Å². The van der Waals surface area contributed by atoms with Crippen molar-refractivity contribution in [2.75, 3.05) is 6.54 Å². The SMILES string of the molecule is CC(C)OC(=O)CN1C(=O)S/C(=C/c2ccc(OCc3ccc(Cl)cc3Cl)cc2)C1=O. The first-order valence-corrected chi connectivity index (χ1v) is 10.9. The van der Waals surface area contributed by atoms with Crippen LogP contribution in [0.15, 0.2) is 47.4 Å². The van der Waals surface area contributed by atoms with Crippen LogP contribution in [0.4, 0.5) is 4.79 Å². The van der Waals surface area contributed by atoms with Crippen LogP contribution in [-0.2, 0) is 20.9 Å². The molecule has 0 N–H and O–H groups in total. The Kier molecular flexibility index (Phi) is 7.64. The molecule has 1 heterocycles. The minimum Gasteiger partial charge on any atom is -0.489 e. The summed E-state index contributed by atoms with van der Waals surface area (Å²) in [6.45, 7) is 3.27. The highest BCUT2D eigenvalue weighted by molar-refractivity contribution is 8.18. The van der Waals surface area contributed by atoms with Crippen LogP contribution in [0.5, 0.6) is 5.75 Å². The molecule has 0 unspecified atom stereocenters. The van der Waals surface area contributed by atoms with Crippen LogP contribution >= 0.6 is 35.0 Å². The van der Waals surface area contributed by atoms with Crippen molar-refractivity contribution in [1.29, 1.82) is 0 Å². The van der Waals surface area contributed by atoms with Crippen molar-refractivity contribution in [2.24, 2.45) is 0 Å². The summed E-state index contributed by atoms with van der Waals surface area (Å²) >= 11 is 12.8. The Labute approximate surface area is 194 Å². The van der Waals surface area contributed by atoms with Crippen molar-refractivity contribution in [3.8, 4) is 5.75 Å². The standard InChI is InChI=1S/C22H19Cl2NO5S/c1-13(2)30-20(26)11-25-21(27)19(31-22(25)28)9-14-3-7-17(8-4-14)29-12-15-5-6-16(23)10-18(15)24/h3-10,13H,11-12H2,1-2H3/b19-9+. The molecule has 9 heteroatoms. The van der Waals surface area contributed by atoms with Crippen LogP contribution in [0, 0.1) is 0 Å². The van der Waals surface area contributed by atoms with Gasteiger partial charge in [-0.25, -0.2) is 0 Å². The van der Waals surface area contributed by atoms with Crippen molar-refractivity contribution >= 4 is 58.2 Å². The number of rotatable bonds is 7. The van der Waals surface area contributed by atoms with Gasteiger partial charge in [0.2, 0.25) is 0 Å². The maximum Gasteiger partial charge on any atom is 0.326 e. The van der Waals surface area contributed by atoms with Crippen LogP contribution in [0.25, 0.3) is 6.08 Å². The number of hydrogen-bond donors (Lipinski definition) is 0. The molecule has 162 valence electrons. The van der Waals surface area contributed by atoms with E-state index in [9.17, 15) is 14.4 Å². The number of amides is 2. The van der Waals surface area contributed by atoms with E-state index in [0.29, 0.717) is 21.4 Å². The number of nitrogens with zero attached hydrogens (tertiary/aromatic N) is 1. The Morgan fingerprint density at radius 3 is 2.48 bits per heavy atom. The fourth-order valence-electron chi connectivity index (χ4n) is 2.68. The minimum absolute atomic E-state index is 0.240. The van der Waals surface area contributed by atoms with E-state index in [0.717, 1.165) is 22.2 Å². The first kappa shape index (κ1) is 23.2. The zero-order valence-electron chi connectivity index (χ0n) is 16.8. The Balaban J connectivity index is 1.62. The number of hydrogen-bond acceptors (Lipinski definition) is 6. The van der Waals surface area contributed by atoms with Gasteiger partial charge in [0.15, 0.2) is 0 Å². The van der Waals surface area contributed by atoms with Crippen molar-refractivity contribution in [3.05, 3.63) is 68.5 Å². The second-order valence-corrected chi connectivity index (χ2v) is 8.74. The van der Waals surface area contributed by atoms with Crippen molar-refractivity contribution in [2.45, 2.75) is 26.6 Å². The molecule has 2 aromatic rings. The third kappa shape index (κ3) is 6.26. The normalized spacial score (nSPS) is 15.1. The lowest BCUT2D eigenvalue weighted by Gasteiger charge is -2.13. The number of carbonyl (C=O) groups excluding carboxylic acids is 3. The molecule has 0 radical (unpaired) electrons. The molecule has 0 saturated carbocycles.